The fraction of sp³-hybridized carbons (Fsp3) is 0.464. The number of esters is 1. The van der Waals surface area contributed by atoms with Gasteiger partial charge in [-0.25, -0.2) is 13.2 Å². The second-order valence-corrected chi connectivity index (χ2v) is 11.6. The summed E-state index contributed by atoms with van der Waals surface area (Å²) in [5, 5.41) is 0. The van der Waals surface area contributed by atoms with E-state index < -0.39 is 27.0 Å². The molecule has 37 heavy (non-hydrogen) atoms. The van der Waals surface area contributed by atoms with Crippen molar-refractivity contribution in [1.29, 1.82) is 0 Å². The van der Waals surface area contributed by atoms with Gasteiger partial charge in [-0.1, -0.05) is 44.9 Å². The maximum absolute atomic E-state index is 14.2. The van der Waals surface area contributed by atoms with E-state index in [1.165, 1.54) is 6.07 Å². The number of ether oxygens (including phenoxy) is 2. The molecule has 0 radical (unpaired) electrons. The Morgan fingerprint density at radius 3 is 2.46 bits per heavy atom. The van der Waals surface area contributed by atoms with E-state index in [0.29, 0.717) is 30.6 Å². The number of halogens is 1. The molecule has 1 atom stereocenters. The minimum absolute atomic E-state index is 0.000606. The van der Waals surface area contributed by atoms with Crippen molar-refractivity contribution in [1.82, 2.24) is 0 Å². The Balaban J connectivity index is 2.22. The first-order valence-corrected chi connectivity index (χ1v) is 14.3. The van der Waals surface area contributed by atoms with Crippen LogP contribution in [0.1, 0.15) is 46.5 Å². The number of anilines is 3. The van der Waals surface area contributed by atoms with Crippen LogP contribution in [0.25, 0.3) is 0 Å². The number of carbonyl (C=O) groups excluding carboxylic acids is 1. The molecule has 202 valence electrons. The molecule has 1 heterocycles. The summed E-state index contributed by atoms with van der Waals surface area (Å²) in [5.74, 6) is -2.23. The van der Waals surface area contributed by atoms with Gasteiger partial charge in [-0.05, 0) is 38.0 Å². The monoisotopic (exact) mass is 532 g/mol. The molecular formula is C28H37FN2O5S. The van der Waals surface area contributed by atoms with E-state index in [-0.39, 0.29) is 23.0 Å². The predicted molar refractivity (Wildman–Crippen MR) is 145 cm³/mol. The lowest BCUT2D eigenvalue weighted by Gasteiger charge is -2.36. The van der Waals surface area contributed by atoms with Crippen LogP contribution in [-0.2, 0) is 19.4 Å². The topological polar surface area (TPSA) is 76.2 Å². The predicted octanol–water partition coefficient (Wildman–Crippen LogP) is 6.02. The number of fused-ring (bicyclic) bond motifs is 1. The van der Waals surface area contributed by atoms with Crippen LogP contribution in [0.3, 0.4) is 0 Å². The molecular weight excluding hydrogens is 495 g/mol. The van der Waals surface area contributed by atoms with Gasteiger partial charge >= 0.3 is 5.97 Å². The molecule has 0 N–H and O–H groups in total. The first-order chi connectivity index (χ1) is 17.6. The summed E-state index contributed by atoms with van der Waals surface area (Å²) >= 11 is 0. The van der Waals surface area contributed by atoms with Crippen molar-refractivity contribution in [2.75, 3.05) is 42.8 Å². The van der Waals surface area contributed by atoms with Gasteiger partial charge in [-0.3, -0.25) is 0 Å². The molecule has 1 aliphatic heterocycles. The van der Waals surface area contributed by atoms with Crippen LogP contribution in [-0.4, -0.2) is 47.4 Å². The molecule has 1 aliphatic rings. The molecule has 0 bridgehead atoms. The van der Waals surface area contributed by atoms with Crippen molar-refractivity contribution in [3.05, 3.63) is 54.6 Å². The van der Waals surface area contributed by atoms with Crippen LogP contribution >= 0.6 is 0 Å². The molecule has 0 amide bonds. The van der Waals surface area contributed by atoms with Crippen LogP contribution in [0.15, 0.2) is 59.4 Å². The van der Waals surface area contributed by atoms with Crippen molar-refractivity contribution in [2.24, 2.45) is 5.41 Å². The molecule has 0 aromatic heterocycles. The zero-order chi connectivity index (χ0) is 27.2. The molecule has 1 unspecified atom stereocenters. The molecule has 0 saturated heterocycles. The van der Waals surface area contributed by atoms with Crippen molar-refractivity contribution >= 4 is 32.9 Å². The zero-order valence-electron chi connectivity index (χ0n) is 22.3. The number of unbranched alkanes of at least 4 members (excludes halogenated alkanes) is 1. The Kier molecular flexibility index (Phi) is 9.23. The molecule has 2 aromatic carbocycles. The molecule has 0 aliphatic carbocycles. The van der Waals surface area contributed by atoms with Gasteiger partial charge in [0, 0.05) is 37.8 Å². The number of benzene rings is 2. The number of sulfone groups is 1. The summed E-state index contributed by atoms with van der Waals surface area (Å²) in [7, 11) is -0.170. The summed E-state index contributed by atoms with van der Waals surface area (Å²) in [5.41, 5.74) is 1.53. The Hall–Kier alpha value is -3.07. The number of hydrogen-bond acceptors (Lipinski definition) is 7. The standard InChI is InChI=1S/C28H37FN2O5S/c1-6-9-15-28(7-2)19-31(21-13-11-10-12-14-21)24-16-23(30(4)5)25(17-26(24)37(33,34)20-28)36-18-22(29)27(32)35-8-3/h10-14,16-18H,6-9,15,19-20H2,1-5H3/b22-18-. The summed E-state index contributed by atoms with van der Waals surface area (Å²) < 4.78 is 52.3. The number of carbonyl (C=O) groups is 1. The lowest BCUT2D eigenvalue weighted by atomic mass is 9.81. The first-order valence-electron chi connectivity index (χ1n) is 12.7. The lowest BCUT2D eigenvalue weighted by molar-refractivity contribution is -0.140. The fourth-order valence-corrected chi connectivity index (χ4v) is 6.86. The van der Waals surface area contributed by atoms with Crippen LogP contribution in [0.2, 0.25) is 0 Å². The number of hydrogen-bond donors (Lipinski definition) is 0. The SMILES string of the molecule is CCCCC1(CC)CN(c2ccccc2)c2cc(N(C)C)c(O/C=C(\F)C(=O)OCC)cc2S(=O)(=O)C1. The lowest BCUT2D eigenvalue weighted by Crippen LogP contribution is -2.37. The Morgan fingerprint density at radius 2 is 1.86 bits per heavy atom. The third-order valence-electron chi connectivity index (χ3n) is 6.78. The van der Waals surface area contributed by atoms with Gasteiger partial charge in [0.05, 0.1) is 28.6 Å². The molecule has 7 nitrogen and oxygen atoms in total. The van der Waals surface area contributed by atoms with Crippen LogP contribution in [0.5, 0.6) is 5.75 Å². The highest BCUT2D eigenvalue weighted by atomic mass is 32.2. The second kappa shape index (κ2) is 12.0. The highest BCUT2D eigenvalue weighted by molar-refractivity contribution is 7.91. The Labute approximate surface area is 219 Å². The van der Waals surface area contributed by atoms with Crippen molar-refractivity contribution < 1.29 is 27.1 Å². The largest absolute Gasteiger partial charge is 0.461 e. The van der Waals surface area contributed by atoms with E-state index in [1.54, 1.807) is 32.0 Å². The highest BCUT2D eigenvalue weighted by Crippen LogP contribution is 2.47. The summed E-state index contributed by atoms with van der Waals surface area (Å²) in [4.78, 5) is 15.7. The molecule has 9 heteroatoms. The quantitative estimate of drug-likeness (QED) is 0.210. The summed E-state index contributed by atoms with van der Waals surface area (Å²) in [6.07, 6.45) is 4.05. The van der Waals surface area contributed by atoms with Gasteiger partial charge in [0.15, 0.2) is 15.6 Å². The summed E-state index contributed by atoms with van der Waals surface area (Å²) in [6.45, 7) is 6.29. The normalized spacial score (nSPS) is 19.1. The molecule has 2 aromatic rings. The van der Waals surface area contributed by atoms with Gasteiger partial charge in [0.2, 0.25) is 5.83 Å². The van der Waals surface area contributed by atoms with Gasteiger partial charge in [-0.15, -0.1) is 0 Å². The summed E-state index contributed by atoms with van der Waals surface area (Å²) in [6, 6.07) is 12.9. The van der Waals surface area contributed by atoms with Crippen molar-refractivity contribution in [3.8, 4) is 5.75 Å². The maximum atomic E-state index is 14.2. The smallest absolute Gasteiger partial charge is 0.370 e. The number of rotatable bonds is 10. The Morgan fingerprint density at radius 1 is 1.16 bits per heavy atom. The average Bonchev–Trinajstić information content (AvgIpc) is 2.98. The minimum Gasteiger partial charge on any atom is -0.461 e. The number of nitrogens with zero attached hydrogens (tertiary/aromatic N) is 2. The molecule has 3 rings (SSSR count). The first kappa shape index (κ1) is 28.5. The van der Waals surface area contributed by atoms with E-state index in [2.05, 4.69) is 16.6 Å². The van der Waals surface area contributed by atoms with Crippen LogP contribution in [0, 0.1) is 5.41 Å². The minimum atomic E-state index is -3.74. The second-order valence-electron chi connectivity index (χ2n) is 9.62. The van der Waals surface area contributed by atoms with E-state index in [4.69, 9.17) is 4.74 Å². The van der Waals surface area contributed by atoms with Crippen LogP contribution in [0.4, 0.5) is 21.5 Å². The van der Waals surface area contributed by atoms with Crippen molar-refractivity contribution in [2.45, 2.75) is 51.3 Å². The van der Waals surface area contributed by atoms with E-state index in [1.807, 2.05) is 37.3 Å². The molecule has 0 fully saturated rings. The van der Waals surface area contributed by atoms with Crippen LogP contribution < -0.4 is 14.5 Å². The van der Waals surface area contributed by atoms with Gasteiger partial charge in [-0.2, -0.15) is 4.39 Å². The van der Waals surface area contributed by atoms with E-state index in [0.717, 1.165) is 24.9 Å². The third-order valence-corrected chi connectivity index (χ3v) is 8.77. The zero-order valence-corrected chi connectivity index (χ0v) is 23.1. The van der Waals surface area contributed by atoms with E-state index >= 15 is 0 Å². The van der Waals surface area contributed by atoms with E-state index in [9.17, 15) is 17.6 Å². The molecule has 0 saturated carbocycles. The van der Waals surface area contributed by atoms with Gasteiger partial charge < -0.3 is 19.3 Å². The van der Waals surface area contributed by atoms with Gasteiger partial charge in [0.1, 0.15) is 6.26 Å². The average molecular weight is 533 g/mol. The number of para-hydroxylation sites is 1. The third kappa shape index (κ3) is 6.44. The van der Waals surface area contributed by atoms with Gasteiger partial charge in [0.25, 0.3) is 0 Å². The maximum Gasteiger partial charge on any atom is 0.370 e. The molecule has 0 spiro atoms. The fourth-order valence-electron chi connectivity index (χ4n) is 4.69. The highest BCUT2D eigenvalue weighted by Gasteiger charge is 2.42. The van der Waals surface area contributed by atoms with Crippen molar-refractivity contribution in [3.63, 3.8) is 0 Å². The Bertz CT molecular complexity index is 1230.